The molecule has 0 aliphatic carbocycles. The van der Waals surface area contributed by atoms with Gasteiger partial charge in [0.1, 0.15) is 5.76 Å². The second-order valence-electron chi connectivity index (χ2n) is 5.95. The number of carbonyl (C=O) groups excluding carboxylic acids is 2. The van der Waals surface area contributed by atoms with Crippen LogP contribution < -0.4 is 10.9 Å². The summed E-state index contributed by atoms with van der Waals surface area (Å²) in [6.07, 6.45) is -3.70. The summed E-state index contributed by atoms with van der Waals surface area (Å²) in [7, 11) is 0. The van der Waals surface area contributed by atoms with E-state index in [0.29, 0.717) is 10.8 Å². The Bertz CT molecular complexity index is 1100. The average Bonchev–Trinajstić information content (AvgIpc) is 3.21. The normalized spacial score (nSPS) is 11.3. The van der Waals surface area contributed by atoms with Gasteiger partial charge in [0.05, 0.1) is 32.0 Å². The molecular formula is C19H12Cl2F3N3O3S. The third-order valence-corrected chi connectivity index (χ3v) is 5.58. The topological polar surface area (TPSA) is 84.2 Å². The first kappa shape index (κ1) is 23.0. The Kier molecular flexibility index (Phi) is 7.14. The molecule has 162 valence electrons. The standard InChI is InChI=1S/C19H12Cl2F3N3O3S/c20-13-3-1-2-12(16(13)21)17(28)26-27-18(29)14-6-5-11(30-14)9-31-15-7-4-10(8-25-15)19(22,23)24/h1-8H,9H2,(H,26,28)(H,27,29). The first-order valence-electron chi connectivity index (χ1n) is 8.44. The fourth-order valence-electron chi connectivity index (χ4n) is 2.28. The van der Waals surface area contributed by atoms with Crippen molar-refractivity contribution in [3.8, 4) is 0 Å². The fourth-order valence-corrected chi connectivity index (χ4v) is 3.40. The lowest BCUT2D eigenvalue weighted by atomic mass is 10.2. The molecular weight excluding hydrogens is 478 g/mol. The van der Waals surface area contributed by atoms with Gasteiger partial charge in [-0.1, -0.05) is 41.0 Å². The predicted octanol–water partition coefficient (Wildman–Crippen LogP) is 5.37. The van der Waals surface area contributed by atoms with Gasteiger partial charge in [-0.25, -0.2) is 4.98 Å². The van der Waals surface area contributed by atoms with Gasteiger partial charge < -0.3 is 4.42 Å². The Hall–Kier alpha value is -2.69. The van der Waals surface area contributed by atoms with Crippen LogP contribution in [-0.2, 0) is 11.9 Å². The number of rotatable bonds is 5. The number of aromatic nitrogens is 1. The number of amides is 2. The van der Waals surface area contributed by atoms with Crippen molar-refractivity contribution in [2.24, 2.45) is 0 Å². The summed E-state index contributed by atoms with van der Waals surface area (Å²) in [5, 5.41) is 0.600. The Morgan fingerprint density at radius 3 is 2.45 bits per heavy atom. The van der Waals surface area contributed by atoms with Gasteiger partial charge >= 0.3 is 12.1 Å². The predicted molar refractivity (Wildman–Crippen MR) is 109 cm³/mol. The smallest absolute Gasteiger partial charge is 0.417 e. The third kappa shape index (κ3) is 5.93. The van der Waals surface area contributed by atoms with Crippen LogP contribution in [0, 0.1) is 0 Å². The van der Waals surface area contributed by atoms with Crippen LogP contribution in [-0.4, -0.2) is 16.8 Å². The highest BCUT2D eigenvalue weighted by atomic mass is 35.5. The molecule has 3 rings (SSSR count). The van der Waals surface area contributed by atoms with Crippen molar-refractivity contribution in [3.63, 3.8) is 0 Å². The summed E-state index contributed by atoms with van der Waals surface area (Å²) in [4.78, 5) is 28.0. The number of thioether (sulfide) groups is 1. The summed E-state index contributed by atoms with van der Waals surface area (Å²) in [6, 6.07) is 9.60. The summed E-state index contributed by atoms with van der Waals surface area (Å²) < 4.78 is 43.1. The van der Waals surface area contributed by atoms with Crippen molar-refractivity contribution in [3.05, 3.63) is 81.4 Å². The molecule has 0 atom stereocenters. The number of pyridine rings is 1. The largest absolute Gasteiger partial charge is 0.455 e. The van der Waals surface area contributed by atoms with Gasteiger partial charge in [-0.15, -0.1) is 0 Å². The molecule has 0 bridgehead atoms. The summed E-state index contributed by atoms with van der Waals surface area (Å²) >= 11 is 12.9. The maximum atomic E-state index is 12.6. The van der Waals surface area contributed by atoms with Gasteiger partial charge in [0.25, 0.3) is 5.91 Å². The van der Waals surface area contributed by atoms with E-state index in [-0.39, 0.29) is 27.1 Å². The second-order valence-corrected chi connectivity index (χ2v) is 7.73. The maximum absolute atomic E-state index is 12.6. The van der Waals surface area contributed by atoms with Crippen molar-refractivity contribution in [2.75, 3.05) is 0 Å². The number of alkyl halides is 3. The quantitative estimate of drug-likeness (QED) is 0.371. The number of carbonyl (C=O) groups is 2. The number of hydrazine groups is 1. The Morgan fingerprint density at radius 1 is 1.03 bits per heavy atom. The summed E-state index contributed by atoms with van der Waals surface area (Å²) in [5.41, 5.74) is 3.63. The van der Waals surface area contributed by atoms with Crippen LogP contribution in [0.2, 0.25) is 10.0 Å². The third-order valence-electron chi connectivity index (χ3n) is 3.80. The first-order valence-corrected chi connectivity index (χ1v) is 10.2. The van der Waals surface area contributed by atoms with E-state index in [2.05, 4.69) is 15.8 Å². The van der Waals surface area contributed by atoms with Gasteiger partial charge in [0.15, 0.2) is 5.76 Å². The fraction of sp³-hybridized carbons (Fsp3) is 0.105. The molecule has 0 saturated carbocycles. The zero-order valence-electron chi connectivity index (χ0n) is 15.3. The maximum Gasteiger partial charge on any atom is 0.417 e. The van der Waals surface area contributed by atoms with Crippen molar-refractivity contribution >= 4 is 46.8 Å². The van der Waals surface area contributed by atoms with E-state index in [4.69, 9.17) is 27.6 Å². The molecule has 0 unspecified atom stereocenters. The number of furan rings is 1. The number of hydrogen-bond donors (Lipinski definition) is 2. The highest BCUT2D eigenvalue weighted by Crippen LogP contribution is 2.30. The van der Waals surface area contributed by atoms with E-state index in [1.807, 2.05) is 0 Å². The molecule has 2 aromatic heterocycles. The van der Waals surface area contributed by atoms with Crippen LogP contribution in [0.25, 0.3) is 0 Å². The molecule has 31 heavy (non-hydrogen) atoms. The van der Waals surface area contributed by atoms with Crippen LogP contribution >= 0.6 is 35.0 Å². The van der Waals surface area contributed by atoms with Gasteiger partial charge in [0, 0.05) is 6.20 Å². The number of hydrogen-bond acceptors (Lipinski definition) is 5. The molecule has 6 nitrogen and oxygen atoms in total. The first-order chi connectivity index (χ1) is 14.6. The monoisotopic (exact) mass is 489 g/mol. The molecule has 0 saturated heterocycles. The molecule has 0 fully saturated rings. The van der Waals surface area contributed by atoms with Gasteiger partial charge in [-0.3, -0.25) is 20.4 Å². The SMILES string of the molecule is O=C(NNC(=O)c1cccc(Cl)c1Cl)c1ccc(CSc2ccc(C(F)(F)F)cn2)o1. The molecule has 0 radical (unpaired) electrons. The van der Waals surface area contributed by atoms with E-state index in [9.17, 15) is 22.8 Å². The molecule has 0 aliphatic rings. The molecule has 2 N–H and O–H groups in total. The summed E-state index contributed by atoms with van der Waals surface area (Å²) in [5.74, 6) is -0.836. The lowest BCUT2D eigenvalue weighted by molar-refractivity contribution is -0.137. The van der Waals surface area contributed by atoms with Crippen molar-refractivity contribution in [1.82, 2.24) is 15.8 Å². The lowest BCUT2D eigenvalue weighted by Crippen LogP contribution is -2.41. The van der Waals surface area contributed by atoms with Crippen LogP contribution in [0.5, 0.6) is 0 Å². The molecule has 0 aliphatic heterocycles. The van der Waals surface area contributed by atoms with Crippen LogP contribution in [0.15, 0.2) is 58.1 Å². The lowest BCUT2D eigenvalue weighted by Gasteiger charge is -2.08. The number of nitrogens with one attached hydrogen (secondary N) is 2. The highest BCUT2D eigenvalue weighted by molar-refractivity contribution is 7.98. The minimum absolute atomic E-state index is 0.0464. The van der Waals surface area contributed by atoms with Crippen LogP contribution in [0.4, 0.5) is 13.2 Å². The Morgan fingerprint density at radius 2 is 1.77 bits per heavy atom. The van der Waals surface area contributed by atoms with Gasteiger partial charge in [-0.05, 0) is 36.4 Å². The summed E-state index contributed by atoms with van der Waals surface area (Å²) in [6.45, 7) is 0. The second kappa shape index (κ2) is 9.63. The van der Waals surface area contributed by atoms with Crippen molar-refractivity contribution in [2.45, 2.75) is 17.0 Å². The number of nitrogens with zero attached hydrogens (tertiary/aromatic N) is 1. The van der Waals surface area contributed by atoms with E-state index in [1.54, 1.807) is 0 Å². The number of benzene rings is 1. The molecule has 12 heteroatoms. The molecule has 2 amide bonds. The molecule has 2 heterocycles. The Labute approximate surface area is 188 Å². The Balaban J connectivity index is 1.53. The van der Waals surface area contributed by atoms with E-state index < -0.39 is 23.6 Å². The van der Waals surface area contributed by atoms with E-state index in [1.165, 1.54) is 36.4 Å². The van der Waals surface area contributed by atoms with Gasteiger partial charge in [-0.2, -0.15) is 13.2 Å². The molecule has 0 spiro atoms. The van der Waals surface area contributed by atoms with Crippen LogP contribution in [0.3, 0.4) is 0 Å². The number of halogens is 5. The van der Waals surface area contributed by atoms with Crippen LogP contribution in [0.1, 0.15) is 32.2 Å². The van der Waals surface area contributed by atoms with Crippen molar-refractivity contribution in [1.29, 1.82) is 0 Å². The molecule has 1 aromatic carbocycles. The van der Waals surface area contributed by atoms with Gasteiger partial charge in [0.2, 0.25) is 0 Å². The minimum atomic E-state index is -4.45. The van der Waals surface area contributed by atoms with E-state index in [0.717, 1.165) is 24.0 Å². The zero-order chi connectivity index (χ0) is 22.6. The molecule has 3 aromatic rings. The zero-order valence-corrected chi connectivity index (χ0v) is 17.6. The van der Waals surface area contributed by atoms with Crippen molar-refractivity contribution < 1.29 is 27.2 Å². The van der Waals surface area contributed by atoms with E-state index >= 15 is 0 Å². The minimum Gasteiger partial charge on any atom is -0.455 e. The highest BCUT2D eigenvalue weighted by Gasteiger charge is 2.30. The average molecular weight is 490 g/mol.